The van der Waals surface area contributed by atoms with Crippen LogP contribution in [0.5, 0.6) is 0 Å². The number of sulfonamides is 1. The largest absolute Gasteiger partial charge is 0.360 e. The number of hydrogen-bond acceptors (Lipinski definition) is 7. The molecule has 0 radical (unpaired) electrons. The van der Waals surface area contributed by atoms with E-state index in [1.807, 2.05) is 0 Å². The van der Waals surface area contributed by atoms with Crippen molar-refractivity contribution in [2.45, 2.75) is 56.5 Å². The fourth-order valence-corrected chi connectivity index (χ4v) is 5.75. The molecule has 8 nitrogen and oxygen atoms in total. The van der Waals surface area contributed by atoms with E-state index < -0.39 is 22.1 Å². The predicted octanol–water partition coefficient (Wildman–Crippen LogP) is 1.58. The van der Waals surface area contributed by atoms with Gasteiger partial charge in [0, 0.05) is 6.04 Å². The summed E-state index contributed by atoms with van der Waals surface area (Å²) in [7, 11) is -3.84. The van der Waals surface area contributed by atoms with E-state index in [-0.39, 0.29) is 33.2 Å². The van der Waals surface area contributed by atoms with Gasteiger partial charge < -0.3 is 4.52 Å². The molecule has 1 N–H and O–H groups in total. The summed E-state index contributed by atoms with van der Waals surface area (Å²) in [5, 5.41) is 3.38. The van der Waals surface area contributed by atoms with Crippen LogP contribution in [-0.4, -0.2) is 47.5 Å². The molecule has 2 aliphatic rings. The number of rotatable bonds is 4. The monoisotopic (exact) mass is 373 g/mol. The number of carbonyl (C=O) groups excluding carboxylic acids is 2. The Morgan fingerprint density at radius 1 is 1.25 bits per heavy atom. The van der Waals surface area contributed by atoms with Crippen molar-refractivity contribution in [1.82, 2.24) is 14.8 Å². The third kappa shape index (κ3) is 3.09. The molecule has 2 amide bonds. The predicted molar refractivity (Wildman–Crippen MR) is 87.0 cm³/mol. The van der Waals surface area contributed by atoms with Crippen molar-refractivity contribution >= 4 is 32.9 Å². The first kappa shape index (κ1) is 17.4. The maximum absolute atomic E-state index is 12.7. The second kappa shape index (κ2) is 6.49. The minimum absolute atomic E-state index is 0.0280. The van der Waals surface area contributed by atoms with Gasteiger partial charge in [-0.2, -0.15) is 0 Å². The van der Waals surface area contributed by atoms with Crippen LogP contribution in [0, 0.1) is 13.8 Å². The molecule has 0 aromatic carbocycles. The lowest BCUT2D eigenvalue weighted by Crippen LogP contribution is -2.54. The van der Waals surface area contributed by atoms with Crippen LogP contribution in [0.3, 0.4) is 0 Å². The average molecular weight is 373 g/mol. The van der Waals surface area contributed by atoms with E-state index in [4.69, 9.17) is 4.52 Å². The molecule has 2 heterocycles. The molecule has 1 aliphatic carbocycles. The number of carbonyl (C=O) groups is 2. The highest BCUT2D eigenvalue weighted by Crippen LogP contribution is 2.31. The van der Waals surface area contributed by atoms with Gasteiger partial charge in [0.1, 0.15) is 10.6 Å². The van der Waals surface area contributed by atoms with E-state index in [0.29, 0.717) is 12.8 Å². The van der Waals surface area contributed by atoms with Gasteiger partial charge in [-0.15, -0.1) is 0 Å². The lowest BCUT2D eigenvalue weighted by Gasteiger charge is -2.36. The van der Waals surface area contributed by atoms with Crippen molar-refractivity contribution in [1.29, 1.82) is 0 Å². The molecule has 0 spiro atoms. The number of aromatic nitrogens is 1. The van der Waals surface area contributed by atoms with E-state index in [0.717, 1.165) is 24.6 Å². The number of thioether (sulfide) groups is 1. The van der Waals surface area contributed by atoms with Crippen molar-refractivity contribution < 1.29 is 22.5 Å². The maximum atomic E-state index is 12.7. The molecule has 1 aromatic rings. The number of hydrogen-bond donors (Lipinski definition) is 1. The lowest BCUT2D eigenvalue weighted by molar-refractivity contribution is -0.127. The van der Waals surface area contributed by atoms with Crippen LogP contribution in [0.15, 0.2) is 9.42 Å². The Morgan fingerprint density at radius 3 is 2.54 bits per heavy atom. The first-order valence-electron chi connectivity index (χ1n) is 7.75. The minimum atomic E-state index is -3.84. The van der Waals surface area contributed by atoms with Gasteiger partial charge in [0.25, 0.3) is 5.24 Å². The maximum Gasteiger partial charge on any atom is 0.289 e. The van der Waals surface area contributed by atoms with Crippen molar-refractivity contribution in [2.75, 3.05) is 5.75 Å². The van der Waals surface area contributed by atoms with Gasteiger partial charge in [-0.05, 0) is 26.7 Å². The molecular weight excluding hydrogens is 354 g/mol. The van der Waals surface area contributed by atoms with Crippen molar-refractivity contribution in [2.24, 2.45) is 0 Å². The first-order valence-corrected chi connectivity index (χ1v) is 10.2. The van der Waals surface area contributed by atoms with Crippen molar-refractivity contribution in [3.8, 4) is 0 Å². The van der Waals surface area contributed by atoms with E-state index in [1.54, 1.807) is 6.92 Å². The highest BCUT2D eigenvalue weighted by atomic mass is 32.2. The second-order valence-corrected chi connectivity index (χ2v) is 8.63. The summed E-state index contributed by atoms with van der Waals surface area (Å²) in [6.45, 7) is 3.10. The molecule has 0 bridgehead atoms. The Hall–Kier alpha value is -1.39. The SMILES string of the molecule is Cc1noc(C)c1S(=O)(=O)N[C@@H]1CCCC[C@@H]1N1C(=O)CSC1=O. The first-order chi connectivity index (χ1) is 11.3. The van der Waals surface area contributed by atoms with Crippen LogP contribution in [0.4, 0.5) is 4.79 Å². The molecule has 3 rings (SSSR count). The van der Waals surface area contributed by atoms with E-state index in [2.05, 4.69) is 9.88 Å². The molecule has 0 unspecified atom stereocenters. The zero-order chi connectivity index (χ0) is 17.5. The molecule has 132 valence electrons. The highest BCUT2D eigenvalue weighted by Gasteiger charge is 2.42. The van der Waals surface area contributed by atoms with Gasteiger partial charge in [-0.3, -0.25) is 14.5 Å². The van der Waals surface area contributed by atoms with Crippen LogP contribution in [0.25, 0.3) is 0 Å². The molecule has 10 heteroatoms. The summed E-state index contributed by atoms with van der Waals surface area (Å²) in [4.78, 5) is 25.3. The lowest BCUT2D eigenvalue weighted by atomic mass is 9.90. The van der Waals surface area contributed by atoms with Crippen LogP contribution in [0.1, 0.15) is 37.1 Å². The van der Waals surface area contributed by atoms with Crippen molar-refractivity contribution in [3.63, 3.8) is 0 Å². The third-order valence-corrected chi connectivity index (χ3v) is 6.96. The van der Waals surface area contributed by atoms with Gasteiger partial charge in [-0.25, -0.2) is 13.1 Å². The van der Waals surface area contributed by atoms with E-state index >= 15 is 0 Å². The Morgan fingerprint density at radius 2 is 1.96 bits per heavy atom. The Bertz CT molecular complexity index is 738. The summed E-state index contributed by atoms with van der Waals surface area (Å²) in [6, 6.07) is -0.937. The van der Waals surface area contributed by atoms with Crippen LogP contribution < -0.4 is 4.72 Å². The summed E-state index contributed by atoms with van der Waals surface area (Å²) in [6.07, 6.45) is 2.88. The third-order valence-electron chi connectivity index (χ3n) is 4.39. The van der Waals surface area contributed by atoms with Crippen LogP contribution in [0.2, 0.25) is 0 Å². The fourth-order valence-electron chi connectivity index (χ4n) is 3.36. The van der Waals surface area contributed by atoms with E-state index in [1.165, 1.54) is 11.8 Å². The number of nitrogens with zero attached hydrogens (tertiary/aromatic N) is 2. The molecule has 1 saturated heterocycles. The zero-order valence-electron chi connectivity index (χ0n) is 13.4. The molecule has 1 aliphatic heterocycles. The summed E-state index contributed by atoms with van der Waals surface area (Å²) in [5.41, 5.74) is 0.288. The molecule has 2 atom stereocenters. The molecule has 1 aromatic heterocycles. The molecular formula is C14H19N3O5S2. The van der Waals surface area contributed by atoms with E-state index in [9.17, 15) is 18.0 Å². The second-order valence-electron chi connectivity index (χ2n) is 6.05. The molecule has 1 saturated carbocycles. The Kier molecular flexibility index (Phi) is 4.71. The number of amides is 2. The normalized spacial score (nSPS) is 25.5. The Labute approximate surface area is 144 Å². The summed E-state index contributed by atoms with van der Waals surface area (Å²) >= 11 is 0.965. The van der Waals surface area contributed by atoms with Gasteiger partial charge in [0.15, 0.2) is 5.76 Å². The number of imide groups is 1. The number of nitrogens with one attached hydrogen (secondary N) is 1. The molecule has 24 heavy (non-hydrogen) atoms. The van der Waals surface area contributed by atoms with Gasteiger partial charge in [-0.1, -0.05) is 29.8 Å². The van der Waals surface area contributed by atoms with Crippen molar-refractivity contribution in [3.05, 3.63) is 11.5 Å². The minimum Gasteiger partial charge on any atom is -0.360 e. The van der Waals surface area contributed by atoms with Gasteiger partial charge in [0.2, 0.25) is 15.9 Å². The zero-order valence-corrected chi connectivity index (χ0v) is 15.1. The topological polar surface area (TPSA) is 110 Å². The fraction of sp³-hybridized carbons (Fsp3) is 0.643. The summed E-state index contributed by atoms with van der Waals surface area (Å²) < 4.78 is 33.0. The average Bonchev–Trinajstić information content (AvgIpc) is 3.02. The molecule has 2 fully saturated rings. The Balaban J connectivity index is 1.87. The van der Waals surface area contributed by atoms with Gasteiger partial charge in [0.05, 0.1) is 11.8 Å². The quantitative estimate of drug-likeness (QED) is 0.853. The van der Waals surface area contributed by atoms with Gasteiger partial charge >= 0.3 is 0 Å². The highest BCUT2D eigenvalue weighted by molar-refractivity contribution is 8.14. The van der Waals surface area contributed by atoms with Crippen LogP contribution >= 0.6 is 11.8 Å². The smallest absolute Gasteiger partial charge is 0.289 e. The number of aryl methyl sites for hydroxylation is 2. The summed E-state index contributed by atoms with van der Waals surface area (Å²) in [5.74, 6) is 0.0910. The van der Waals surface area contributed by atoms with Crippen LogP contribution in [-0.2, 0) is 14.8 Å². The standard InChI is InChI=1S/C14H19N3O5S2/c1-8-13(9(2)22-15-8)24(20,21)16-10-5-3-4-6-11(10)17-12(18)7-23-14(17)19/h10-11,16H,3-7H2,1-2H3/t10-,11+/m1/s1.